The summed E-state index contributed by atoms with van der Waals surface area (Å²) >= 11 is 0. The zero-order valence-electron chi connectivity index (χ0n) is 7.37. The third-order valence-corrected chi connectivity index (χ3v) is 1.39. The van der Waals surface area contributed by atoms with Crippen molar-refractivity contribution in [2.24, 2.45) is 0 Å². The first-order valence-electron chi connectivity index (χ1n) is 4.00. The Kier molecular flexibility index (Phi) is 5.08. The van der Waals surface area contributed by atoms with Gasteiger partial charge in [0.15, 0.2) is 6.10 Å². The molecule has 0 bridgehead atoms. The van der Waals surface area contributed by atoms with Crippen LogP contribution in [0, 0.1) is 0 Å². The molecule has 0 saturated carbocycles. The first-order valence-corrected chi connectivity index (χ1v) is 4.00. The fourth-order valence-corrected chi connectivity index (χ4v) is 0.628. The van der Waals surface area contributed by atoms with Gasteiger partial charge in [-0.05, 0) is 13.3 Å². The first kappa shape index (κ1) is 10.9. The molecule has 0 spiro atoms. The molecule has 0 aromatic heterocycles. The van der Waals surface area contributed by atoms with E-state index in [2.05, 4.69) is 4.74 Å². The number of carbonyl (C=O) groups excluding carboxylic acids is 1. The van der Waals surface area contributed by atoms with Crippen LogP contribution in [0.5, 0.6) is 0 Å². The Morgan fingerprint density at radius 2 is 2.08 bits per heavy atom. The van der Waals surface area contributed by atoms with Crippen molar-refractivity contribution in [3.05, 3.63) is 0 Å². The monoisotopic (exact) mass is 174 g/mol. The third-order valence-electron chi connectivity index (χ3n) is 1.39. The van der Waals surface area contributed by atoms with E-state index in [0.717, 1.165) is 12.8 Å². The lowest BCUT2D eigenvalue weighted by molar-refractivity contribution is -0.162. The third kappa shape index (κ3) is 4.71. The van der Waals surface area contributed by atoms with E-state index in [1.165, 1.54) is 6.92 Å². The molecule has 0 aliphatic carbocycles. The average Bonchev–Trinajstić information content (AvgIpc) is 2.00. The van der Waals surface area contributed by atoms with Crippen molar-refractivity contribution in [1.82, 2.24) is 0 Å². The van der Waals surface area contributed by atoms with Crippen LogP contribution >= 0.6 is 0 Å². The minimum atomic E-state index is -1.11. The van der Waals surface area contributed by atoms with E-state index in [4.69, 9.17) is 5.11 Å². The molecule has 0 heterocycles. The predicted octanol–water partition coefficient (Wildman–Crippen LogP) is 1.19. The van der Waals surface area contributed by atoms with Crippen molar-refractivity contribution < 1.29 is 19.4 Å². The van der Waals surface area contributed by atoms with Gasteiger partial charge in [-0.3, -0.25) is 4.79 Å². The normalized spacial score (nSPS) is 12.2. The molecule has 1 N–H and O–H groups in total. The number of carboxylic acid groups (broad SMARTS) is 1. The Hall–Kier alpha value is -1.06. The molecular formula is C8H14O4. The second kappa shape index (κ2) is 5.57. The molecule has 0 aliphatic rings. The van der Waals surface area contributed by atoms with Crippen molar-refractivity contribution in [3.8, 4) is 0 Å². The van der Waals surface area contributed by atoms with E-state index in [-0.39, 0.29) is 0 Å². The lowest BCUT2D eigenvalue weighted by Crippen LogP contribution is -2.23. The molecule has 0 saturated heterocycles. The van der Waals surface area contributed by atoms with E-state index < -0.39 is 18.0 Å². The number of ether oxygens (including phenoxy) is 1. The Morgan fingerprint density at radius 1 is 1.50 bits per heavy atom. The van der Waals surface area contributed by atoms with E-state index in [1.807, 2.05) is 6.92 Å². The zero-order valence-corrected chi connectivity index (χ0v) is 7.37. The summed E-state index contributed by atoms with van der Waals surface area (Å²) in [6, 6.07) is 0. The highest BCUT2D eigenvalue weighted by Crippen LogP contribution is 1.99. The molecule has 1 atom stereocenters. The molecule has 12 heavy (non-hydrogen) atoms. The van der Waals surface area contributed by atoms with Gasteiger partial charge in [0.2, 0.25) is 0 Å². The van der Waals surface area contributed by atoms with Crippen molar-refractivity contribution in [3.63, 3.8) is 0 Å². The van der Waals surface area contributed by atoms with Crippen LogP contribution in [-0.4, -0.2) is 23.1 Å². The van der Waals surface area contributed by atoms with Crippen LogP contribution < -0.4 is 0 Å². The molecule has 0 radical (unpaired) electrons. The predicted molar refractivity (Wildman–Crippen MR) is 42.7 cm³/mol. The number of carbonyl (C=O) groups is 2. The van der Waals surface area contributed by atoms with Gasteiger partial charge in [-0.15, -0.1) is 0 Å². The molecule has 1 unspecified atom stereocenters. The number of rotatable bonds is 5. The van der Waals surface area contributed by atoms with Crippen LogP contribution in [0.2, 0.25) is 0 Å². The van der Waals surface area contributed by atoms with Gasteiger partial charge < -0.3 is 9.84 Å². The second-order valence-electron chi connectivity index (χ2n) is 2.57. The number of hydrogen-bond acceptors (Lipinski definition) is 3. The van der Waals surface area contributed by atoms with E-state index in [9.17, 15) is 9.59 Å². The molecule has 0 fully saturated rings. The van der Waals surface area contributed by atoms with Crippen molar-refractivity contribution in [1.29, 1.82) is 0 Å². The van der Waals surface area contributed by atoms with Crippen LogP contribution in [0.15, 0.2) is 0 Å². The molecule has 70 valence electrons. The Bertz CT molecular complexity index is 164. The van der Waals surface area contributed by atoms with Crippen LogP contribution in [0.4, 0.5) is 0 Å². The maximum absolute atomic E-state index is 10.8. The van der Waals surface area contributed by atoms with Gasteiger partial charge in [-0.25, -0.2) is 4.79 Å². The summed E-state index contributed by atoms with van der Waals surface area (Å²) in [5.74, 6) is -1.55. The molecule has 0 amide bonds. The van der Waals surface area contributed by atoms with E-state index in [1.54, 1.807) is 0 Å². The van der Waals surface area contributed by atoms with Crippen LogP contribution in [0.1, 0.15) is 33.1 Å². The highest BCUT2D eigenvalue weighted by molar-refractivity contribution is 5.77. The number of unbranched alkanes of at least 4 members (excludes halogenated alkanes) is 1. The van der Waals surface area contributed by atoms with Gasteiger partial charge in [-0.2, -0.15) is 0 Å². The summed E-state index contributed by atoms with van der Waals surface area (Å²) in [5, 5.41) is 8.38. The number of carboxylic acids is 1. The lowest BCUT2D eigenvalue weighted by atomic mass is 10.2. The minimum Gasteiger partial charge on any atom is -0.479 e. The van der Waals surface area contributed by atoms with Gasteiger partial charge in [0.25, 0.3) is 0 Å². The van der Waals surface area contributed by atoms with Crippen molar-refractivity contribution in [2.45, 2.75) is 39.2 Å². The Balaban J connectivity index is 3.61. The summed E-state index contributed by atoms with van der Waals surface area (Å²) in [6.45, 7) is 3.29. The second-order valence-corrected chi connectivity index (χ2v) is 2.57. The number of hydrogen-bond donors (Lipinski definition) is 1. The van der Waals surface area contributed by atoms with Gasteiger partial charge >= 0.3 is 11.9 Å². The largest absolute Gasteiger partial charge is 0.479 e. The Morgan fingerprint density at radius 3 is 2.50 bits per heavy atom. The van der Waals surface area contributed by atoms with Crippen LogP contribution in [-0.2, 0) is 14.3 Å². The van der Waals surface area contributed by atoms with Gasteiger partial charge in [0.05, 0.1) is 0 Å². The fourth-order valence-electron chi connectivity index (χ4n) is 0.628. The van der Waals surface area contributed by atoms with Crippen molar-refractivity contribution >= 4 is 11.9 Å². The summed E-state index contributed by atoms with van der Waals surface area (Å²) in [5.41, 5.74) is 0. The fraction of sp³-hybridized carbons (Fsp3) is 0.750. The summed E-state index contributed by atoms with van der Waals surface area (Å²) in [6.07, 6.45) is 0.907. The first-order chi connectivity index (χ1) is 5.57. The standard InChI is InChI=1S/C8H14O4/c1-3-4-5-7(9)12-6(2)8(10)11/h6H,3-5H2,1-2H3,(H,10,11). The highest BCUT2D eigenvalue weighted by Gasteiger charge is 2.15. The topological polar surface area (TPSA) is 63.6 Å². The van der Waals surface area contributed by atoms with Crippen LogP contribution in [0.25, 0.3) is 0 Å². The van der Waals surface area contributed by atoms with Gasteiger partial charge in [0.1, 0.15) is 0 Å². The Labute approximate surface area is 71.5 Å². The molecule has 4 heteroatoms. The maximum Gasteiger partial charge on any atom is 0.344 e. The maximum atomic E-state index is 10.8. The van der Waals surface area contributed by atoms with Crippen molar-refractivity contribution in [2.75, 3.05) is 0 Å². The zero-order chi connectivity index (χ0) is 9.56. The summed E-state index contributed by atoms with van der Waals surface area (Å²) in [4.78, 5) is 21.1. The number of esters is 1. The number of aliphatic carboxylic acids is 1. The molecule has 0 aromatic carbocycles. The van der Waals surface area contributed by atoms with E-state index in [0.29, 0.717) is 6.42 Å². The van der Waals surface area contributed by atoms with Crippen LogP contribution in [0.3, 0.4) is 0 Å². The summed E-state index contributed by atoms with van der Waals surface area (Å²) in [7, 11) is 0. The molecule has 0 rings (SSSR count). The molecule has 4 nitrogen and oxygen atoms in total. The van der Waals surface area contributed by atoms with Gasteiger partial charge in [-0.1, -0.05) is 13.3 Å². The smallest absolute Gasteiger partial charge is 0.344 e. The SMILES string of the molecule is CCCCC(=O)OC(C)C(=O)O. The highest BCUT2D eigenvalue weighted by atomic mass is 16.6. The molecule has 0 aliphatic heterocycles. The minimum absolute atomic E-state index is 0.300. The van der Waals surface area contributed by atoms with Gasteiger partial charge in [0, 0.05) is 6.42 Å². The quantitative estimate of drug-likeness (QED) is 0.636. The van der Waals surface area contributed by atoms with E-state index >= 15 is 0 Å². The summed E-state index contributed by atoms with van der Waals surface area (Å²) < 4.78 is 4.58. The molecule has 0 aromatic rings. The molecular weight excluding hydrogens is 160 g/mol. The average molecular weight is 174 g/mol. The lowest BCUT2D eigenvalue weighted by Gasteiger charge is -2.07.